The van der Waals surface area contributed by atoms with Crippen molar-refractivity contribution in [2.45, 2.75) is 17.9 Å². The van der Waals surface area contributed by atoms with Crippen LogP contribution in [0.15, 0.2) is 83.8 Å². The Balaban J connectivity index is 1.56. The summed E-state index contributed by atoms with van der Waals surface area (Å²) in [5.41, 5.74) is 3.09. The maximum absolute atomic E-state index is 12.6. The van der Waals surface area contributed by atoms with Crippen LogP contribution in [0.2, 0.25) is 0 Å². The maximum Gasteiger partial charge on any atom is 0.252 e. The number of aliphatic hydroxyl groups is 1. The zero-order valence-corrected chi connectivity index (χ0v) is 17.5. The first-order valence-corrected chi connectivity index (χ1v) is 10.6. The van der Waals surface area contributed by atoms with Crippen LogP contribution >= 0.6 is 11.8 Å². The molecule has 1 unspecified atom stereocenters. The van der Waals surface area contributed by atoms with Crippen LogP contribution in [-0.2, 0) is 4.79 Å². The van der Waals surface area contributed by atoms with Crippen molar-refractivity contribution >= 4 is 29.3 Å². The lowest BCUT2D eigenvalue weighted by molar-refractivity contribution is -0.113. The molecule has 154 valence electrons. The van der Waals surface area contributed by atoms with Crippen molar-refractivity contribution < 1.29 is 14.7 Å². The second kappa shape index (κ2) is 10.6. The summed E-state index contributed by atoms with van der Waals surface area (Å²) in [5, 5.41) is 15.9. The third-order valence-corrected chi connectivity index (χ3v) is 5.54. The molecule has 5 nitrogen and oxygen atoms in total. The Hall–Kier alpha value is -3.09. The lowest BCUT2D eigenvalue weighted by Gasteiger charge is -2.14. The number of carbonyl (C=O) groups is 2. The molecule has 3 rings (SSSR count). The number of anilines is 1. The second-order valence-corrected chi connectivity index (χ2v) is 7.85. The van der Waals surface area contributed by atoms with E-state index in [4.69, 9.17) is 0 Å². The number of nitrogens with one attached hydrogen (secondary N) is 2. The van der Waals surface area contributed by atoms with Crippen LogP contribution in [0.1, 0.15) is 27.6 Å². The molecule has 3 aromatic carbocycles. The minimum absolute atomic E-state index is 0.107. The van der Waals surface area contributed by atoms with Crippen molar-refractivity contribution in [1.82, 2.24) is 5.32 Å². The molecule has 0 bridgehead atoms. The van der Waals surface area contributed by atoms with Gasteiger partial charge < -0.3 is 15.7 Å². The standard InChI is InChI=1S/C24H24N2O3S/c1-17-11-13-19(14-12-17)26-23(28)16-30-22-10-6-5-9-20(22)24(29)25-15-21(27)18-7-3-2-4-8-18/h2-14,21,27H,15-16H2,1H3,(H,25,29)(H,26,28). The van der Waals surface area contributed by atoms with E-state index in [1.807, 2.05) is 73.7 Å². The number of rotatable bonds is 8. The van der Waals surface area contributed by atoms with Crippen molar-refractivity contribution in [3.63, 3.8) is 0 Å². The van der Waals surface area contributed by atoms with Crippen molar-refractivity contribution in [2.75, 3.05) is 17.6 Å². The minimum Gasteiger partial charge on any atom is -0.387 e. The van der Waals surface area contributed by atoms with Gasteiger partial charge in [-0.05, 0) is 36.8 Å². The summed E-state index contributed by atoms with van der Waals surface area (Å²) in [6, 6.07) is 23.9. The summed E-state index contributed by atoms with van der Waals surface area (Å²) in [5.74, 6) is -0.240. The van der Waals surface area contributed by atoms with Crippen LogP contribution in [0.5, 0.6) is 0 Å². The van der Waals surface area contributed by atoms with Gasteiger partial charge in [0.2, 0.25) is 5.91 Å². The monoisotopic (exact) mass is 420 g/mol. The van der Waals surface area contributed by atoms with E-state index < -0.39 is 6.10 Å². The van der Waals surface area contributed by atoms with Crippen LogP contribution in [0, 0.1) is 6.92 Å². The number of aliphatic hydroxyl groups excluding tert-OH is 1. The SMILES string of the molecule is Cc1ccc(NC(=O)CSc2ccccc2C(=O)NCC(O)c2ccccc2)cc1. The van der Waals surface area contributed by atoms with Crippen molar-refractivity contribution in [3.8, 4) is 0 Å². The van der Waals surface area contributed by atoms with E-state index in [-0.39, 0.29) is 24.1 Å². The number of aryl methyl sites for hydroxylation is 1. The highest BCUT2D eigenvalue weighted by Gasteiger charge is 2.15. The van der Waals surface area contributed by atoms with Gasteiger partial charge in [0.15, 0.2) is 0 Å². The Kier molecular flexibility index (Phi) is 7.65. The quantitative estimate of drug-likeness (QED) is 0.478. The molecule has 0 aromatic heterocycles. The summed E-state index contributed by atoms with van der Waals surface area (Å²) >= 11 is 1.30. The lowest BCUT2D eigenvalue weighted by Crippen LogP contribution is -2.28. The summed E-state index contributed by atoms with van der Waals surface area (Å²) in [4.78, 5) is 25.6. The highest BCUT2D eigenvalue weighted by Crippen LogP contribution is 2.23. The summed E-state index contributed by atoms with van der Waals surface area (Å²) in [6.45, 7) is 2.10. The van der Waals surface area contributed by atoms with E-state index in [0.29, 0.717) is 10.5 Å². The molecule has 0 saturated heterocycles. The van der Waals surface area contributed by atoms with Gasteiger partial charge in [-0.25, -0.2) is 0 Å². The van der Waals surface area contributed by atoms with E-state index in [1.54, 1.807) is 12.1 Å². The molecule has 0 spiro atoms. The first kappa shape index (κ1) is 21.6. The molecule has 0 saturated carbocycles. The highest BCUT2D eigenvalue weighted by molar-refractivity contribution is 8.00. The molecule has 0 fully saturated rings. The smallest absolute Gasteiger partial charge is 0.252 e. The molecule has 3 N–H and O–H groups in total. The fourth-order valence-electron chi connectivity index (χ4n) is 2.83. The minimum atomic E-state index is -0.782. The van der Waals surface area contributed by atoms with Gasteiger partial charge in [0.1, 0.15) is 0 Å². The van der Waals surface area contributed by atoms with E-state index in [9.17, 15) is 14.7 Å². The Bertz CT molecular complexity index is 991. The predicted octanol–water partition coefficient (Wildman–Crippen LogP) is 4.19. The summed E-state index contributed by atoms with van der Waals surface area (Å²) in [6.07, 6.45) is -0.782. The molecular weight excluding hydrogens is 396 g/mol. The molecular formula is C24H24N2O3S. The molecule has 0 radical (unpaired) electrons. The zero-order chi connectivity index (χ0) is 21.3. The molecule has 30 heavy (non-hydrogen) atoms. The van der Waals surface area contributed by atoms with Crippen LogP contribution in [0.4, 0.5) is 5.69 Å². The first-order chi connectivity index (χ1) is 14.5. The highest BCUT2D eigenvalue weighted by atomic mass is 32.2. The van der Waals surface area contributed by atoms with E-state index >= 15 is 0 Å². The molecule has 0 heterocycles. The number of hydrogen-bond donors (Lipinski definition) is 3. The largest absolute Gasteiger partial charge is 0.387 e. The topological polar surface area (TPSA) is 78.4 Å². The van der Waals surface area contributed by atoms with Crippen molar-refractivity contribution in [1.29, 1.82) is 0 Å². The molecule has 1 atom stereocenters. The van der Waals surface area contributed by atoms with Crippen molar-refractivity contribution in [2.24, 2.45) is 0 Å². The molecule has 6 heteroatoms. The zero-order valence-electron chi connectivity index (χ0n) is 16.7. The van der Waals surface area contributed by atoms with Gasteiger partial charge in [-0.3, -0.25) is 9.59 Å². The Labute approximate surface area is 180 Å². The van der Waals surface area contributed by atoms with Gasteiger partial charge in [0.25, 0.3) is 5.91 Å². The van der Waals surface area contributed by atoms with Crippen LogP contribution in [0.3, 0.4) is 0 Å². The van der Waals surface area contributed by atoms with Gasteiger partial charge in [-0.1, -0.05) is 60.2 Å². The number of benzene rings is 3. The fourth-order valence-corrected chi connectivity index (χ4v) is 3.68. The van der Waals surface area contributed by atoms with Gasteiger partial charge in [0, 0.05) is 17.1 Å². The van der Waals surface area contributed by atoms with Crippen LogP contribution in [-0.4, -0.2) is 29.2 Å². The average molecular weight is 421 g/mol. The lowest BCUT2D eigenvalue weighted by atomic mass is 10.1. The molecule has 3 aromatic rings. The van der Waals surface area contributed by atoms with Gasteiger partial charge >= 0.3 is 0 Å². The molecule has 2 amide bonds. The number of hydrogen-bond acceptors (Lipinski definition) is 4. The molecule has 0 aliphatic rings. The van der Waals surface area contributed by atoms with E-state index in [0.717, 1.165) is 16.8 Å². The van der Waals surface area contributed by atoms with E-state index in [2.05, 4.69) is 10.6 Å². The number of carbonyl (C=O) groups excluding carboxylic acids is 2. The first-order valence-electron chi connectivity index (χ1n) is 9.62. The third-order valence-electron chi connectivity index (χ3n) is 4.47. The number of amides is 2. The second-order valence-electron chi connectivity index (χ2n) is 6.84. The number of thioether (sulfide) groups is 1. The van der Waals surface area contributed by atoms with Gasteiger partial charge in [-0.2, -0.15) is 0 Å². The van der Waals surface area contributed by atoms with Gasteiger partial charge in [-0.15, -0.1) is 11.8 Å². The van der Waals surface area contributed by atoms with Gasteiger partial charge in [0.05, 0.1) is 17.4 Å². The normalized spacial score (nSPS) is 11.5. The van der Waals surface area contributed by atoms with Crippen molar-refractivity contribution in [3.05, 3.63) is 95.6 Å². The Morgan fingerprint density at radius 3 is 2.33 bits per heavy atom. The maximum atomic E-state index is 12.6. The average Bonchev–Trinajstić information content (AvgIpc) is 2.78. The summed E-state index contributed by atoms with van der Waals surface area (Å²) in [7, 11) is 0. The third kappa shape index (κ3) is 6.20. The molecule has 0 aliphatic carbocycles. The Morgan fingerprint density at radius 2 is 1.60 bits per heavy atom. The molecule has 0 aliphatic heterocycles. The summed E-state index contributed by atoms with van der Waals surface area (Å²) < 4.78 is 0. The predicted molar refractivity (Wildman–Crippen MR) is 121 cm³/mol. The van der Waals surface area contributed by atoms with E-state index in [1.165, 1.54) is 11.8 Å². The van der Waals surface area contributed by atoms with Crippen LogP contribution in [0.25, 0.3) is 0 Å². The Morgan fingerprint density at radius 1 is 0.933 bits per heavy atom. The van der Waals surface area contributed by atoms with Crippen LogP contribution < -0.4 is 10.6 Å². The fraction of sp³-hybridized carbons (Fsp3) is 0.167.